The van der Waals surface area contributed by atoms with Crippen LogP contribution < -0.4 is 10.6 Å². The monoisotopic (exact) mass is 292 g/mol. The maximum atomic E-state index is 9.49. The van der Waals surface area contributed by atoms with Crippen molar-refractivity contribution in [2.75, 3.05) is 11.9 Å². The molecule has 0 atom stereocenters. The normalized spacial score (nSPS) is 10.2. The number of aromatic hydroxyl groups is 1. The van der Waals surface area contributed by atoms with Crippen LogP contribution in [0.15, 0.2) is 42.5 Å². The molecular formula is C14H13ClN2OS. The van der Waals surface area contributed by atoms with Gasteiger partial charge in [0, 0.05) is 30.1 Å². The van der Waals surface area contributed by atoms with Crippen LogP contribution in [0.2, 0.25) is 5.02 Å². The van der Waals surface area contributed by atoms with E-state index in [-0.39, 0.29) is 10.7 Å². The maximum absolute atomic E-state index is 9.49. The van der Waals surface area contributed by atoms with Crippen LogP contribution in [0, 0.1) is 0 Å². The highest BCUT2D eigenvalue weighted by Crippen LogP contribution is 2.29. The minimum Gasteiger partial charge on any atom is -0.508 e. The van der Waals surface area contributed by atoms with Gasteiger partial charge in [-0.15, -0.1) is 0 Å². The van der Waals surface area contributed by atoms with Crippen LogP contribution in [0.5, 0.6) is 5.75 Å². The van der Waals surface area contributed by atoms with Crippen LogP contribution in [-0.2, 0) is 0 Å². The molecule has 0 aliphatic heterocycles. The van der Waals surface area contributed by atoms with Crippen molar-refractivity contribution in [1.82, 2.24) is 0 Å². The highest BCUT2D eigenvalue weighted by Gasteiger charge is 2.09. The molecule has 0 aromatic heterocycles. The predicted octanol–water partition coefficient (Wildman–Crippen LogP) is 3.45. The first-order chi connectivity index (χ1) is 8.99. The fourth-order valence-corrected chi connectivity index (χ4v) is 2.27. The van der Waals surface area contributed by atoms with Gasteiger partial charge in [0.25, 0.3) is 0 Å². The van der Waals surface area contributed by atoms with E-state index in [2.05, 4.69) is 0 Å². The molecule has 3 nitrogen and oxygen atoms in total. The third kappa shape index (κ3) is 2.97. The molecule has 0 amide bonds. The van der Waals surface area contributed by atoms with Gasteiger partial charge in [0.1, 0.15) is 10.7 Å². The molecule has 5 heteroatoms. The van der Waals surface area contributed by atoms with E-state index in [1.54, 1.807) is 30.3 Å². The summed E-state index contributed by atoms with van der Waals surface area (Å²) in [5.41, 5.74) is 7.97. The molecule has 2 aromatic rings. The van der Waals surface area contributed by atoms with Crippen LogP contribution in [0.3, 0.4) is 0 Å². The lowest BCUT2D eigenvalue weighted by atomic mass is 10.2. The predicted molar refractivity (Wildman–Crippen MR) is 83.5 cm³/mol. The van der Waals surface area contributed by atoms with Crippen LogP contribution in [-0.4, -0.2) is 17.1 Å². The number of phenolic OH excluding ortho intramolecular Hbond substituents is 1. The van der Waals surface area contributed by atoms with Gasteiger partial charge in [-0.05, 0) is 30.3 Å². The maximum Gasteiger partial charge on any atom is 0.117 e. The van der Waals surface area contributed by atoms with E-state index >= 15 is 0 Å². The third-order valence-electron chi connectivity index (χ3n) is 2.82. The van der Waals surface area contributed by atoms with Gasteiger partial charge in [-0.25, -0.2) is 0 Å². The van der Waals surface area contributed by atoms with Gasteiger partial charge in [0.05, 0.1) is 5.02 Å². The molecule has 3 N–H and O–H groups in total. The molecule has 0 bridgehead atoms. The summed E-state index contributed by atoms with van der Waals surface area (Å²) in [6.45, 7) is 0. The van der Waals surface area contributed by atoms with Gasteiger partial charge >= 0.3 is 0 Å². The molecule has 0 saturated heterocycles. The first-order valence-electron chi connectivity index (χ1n) is 5.61. The second-order valence-electron chi connectivity index (χ2n) is 4.11. The fourth-order valence-electron chi connectivity index (χ4n) is 1.76. The number of hydrogen-bond donors (Lipinski definition) is 2. The summed E-state index contributed by atoms with van der Waals surface area (Å²) in [7, 11) is 1.89. The van der Waals surface area contributed by atoms with E-state index in [1.807, 2.05) is 24.1 Å². The number of rotatable bonds is 3. The van der Waals surface area contributed by atoms with E-state index in [0.717, 1.165) is 11.4 Å². The van der Waals surface area contributed by atoms with Crippen LogP contribution in [0.1, 0.15) is 5.56 Å². The second-order valence-corrected chi connectivity index (χ2v) is 4.95. The second kappa shape index (κ2) is 5.47. The topological polar surface area (TPSA) is 49.5 Å². The van der Waals surface area contributed by atoms with E-state index < -0.39 is 0 Å². The van der Waals surface area contributed by atoms with Crippen molar-refractivity contribution in [1.29, 1.82) is 0 Å². The molecule has 0 aliphatic carbocycles. The smallest absolute Gasteiger partial charge is 0.117 e. The minimum atomic E-state index is 0.218. The molecule has 2 aromatic carbocycles. The summed E-state index contributed by atoms with van der Waals surface area (Å²) in [5, 5.41) is 10.0. The van der Waals surface area contributed by atoms with Crippen molar-refractivity contribution in [3.05, 3.63) is 53.1 Å². The van der Waals surface area contributed by atoms with Crippen LogP contribution >= 0.6 is 23.8 Å². The van der Waals surface area contributed by atoms with Gasteiger partial charge in [-0.3, -0.25) is 0 Å². The Morgan fingerprint density at radius 2 is 1.89 bits per heavy atom. The Bertz CT molecular complexity index is 631. The number of nitrogens with two attached hydrogens (primary N) is 1. The molecule has 0 saturated carbocycles. The zero-order chi connectivity index (χ0) is 14.0. The summed E-state index contributed by atoms with van der Waals surface area (Å²) in [6.07, 6.45) is 0. The summed E-state index contributed by atoms with van der Waals surface area (Å²) in [6, 6.07) is 12.4. The first-order valence-corrected chi connectivity index (χ1v) is 6.40. The number of thiocarbonyl (C=S) groups is 1. The van der Waals surface area contributed by atoms with E-state index in [1.165, 1.54) is 0 Å². The Kier molecular flexibility index (Phi) is 3.93. The Labute approximate surface area is 122 Å². The van der Waals surface area contributed by atoms with Crippen LogP contribution in [0.25, 0.3) is 0 Å². The molecule has 98 valence electrons. The average Bonchev–Trinajstić information content (AvgIpc) is 2.37. The lowest BCUT2D eigenvalue weighted by molar-refractivity contribution is 0.475. The molecule has 0 radical (unpaired) electrons. The lowest BCUT2D eigenvalue weighted by Crippen LogP contribution is -2.12. The molecule has 0 spiro atoms. The van der Waals surface area contributed by atoms with Gasteiger partial charge in [-0.2, -0.15) is 0 Å². The first kappa shape index (κ1) is 13.6. The van der Waals surface area contributed by atoms with Crippen molar-refractivity contribution < 1.29 is 5.11 Å². The quantitative estimate of drug-likeness (QED) is 0.851. The molecule has 0 heterocycles. The van der Waals surface area contributed by atoms with Gasteiger partial charge < -0.3 is 15.7 Å². The number of nitrogens with zero attached hydrogens (tertiary/aromatic N) is 1. The Morgan fingerprint density at radius 3 is 2.47 bits per heavy atom. The molecular weight excluding hydrogens is 280 g/mol. The Hall–Kier alpha value is -1.78. The van der Waals surface area contributed by atoms with E-state index in [9.17, 15) is 5.11 Å². The van der Waals surface area contributed by atoms with Gasteiger partial charge in [0.2, 0.25) is 0 Å². The number of hydrogen-bond acceptors (Lipinski definition) is 3. The summed E-state index contributed by atoms with van der Waals surface area (Å²) >= 11 is 11.1. The standard InChI is InChI=1S/C14H13ClN2OS/c1-17(9-3-2-4-11(18)7-9)10-5-6-12(14(16)19)13(15)8-10/h2-8,18H,1H3,(H2,16,19). The highest BCUT2D eigenvalue weighted by atomic mass is 35.5. The molecule has 0 aliphatic rings. The van der Waals surface area contributed by atoms with E-state index in [0.29, 0.717) is 10.6 Å². The molecule has 19 heavy (non-hydrogen) atoms. The Morgan fingerprint density at radius 1 is 1.21 bits per heavy atom. The summed E-state index contributed by atoms with van der Waals surface area (Å²) in [5.74, 6) is 0.218. The summed E-state index contributed by atoms with van der Waals surface area (Å²) < 4.78 is 0. The van der Waals surface area contributed by atoms with Gasteiger partial charge in [-0.1, -0.05) is 29.9 Å². The SMILES string of the molecule is CN(c1cccc(O)c1)c1ccc(C(N)=S)c(Cl)c1. The van der Waals surface area contributed by atoms with Crippen molar-refractivity contribution in [2.24, 2.45) is 5.73 Å². The van der Waals surface area contributed by atoms with E-state index in [4.69, 9.17) is 29.6 Å². The van der Waals surface area contributed by atoms with Crippen molar-refractivity contribution in [3.8, 4) is 5.75 Å². The number of halogens is 1. The third-order valence-corrected chi connectivity index (χ3v) is 3.36. The van der Waals surface area contributed by atoms with Crippen LogP contribution in [0.4, 0.5) is 11.4 Å². The zero-order valence-electron chi connectivity index (χ0n) is 10.3. The number of phenols is 1. The van der Waals surface area contributed by atoms with Gasteiger partial charge in [0.15, 0.2) is 0 Å². The zero-order valence-corrected chi connectivity index (χ0v) is 11.9. The molecule has 0 unspecified atom stereocenters. The molecule has 2 rings (SSSR count). The summed E-state index contributed by atoms with van der Waals surface area (Å²) in [4.78, 5) is 2.19. The van der Waals surface area contributed by atoms with Crippen molar-refractivity contribution >= 4 is 40.2 Å². The highest BCUT2D eigenvalue weighted by molar-refractivity contribution is 7.80. The lowest BCUT2D eigenvalue weighted by Gasteiger charge is -2.20. The minimum absolute atomic E-state index is 0.218. The number of anilines is 2. The Balaban J connectivity index is 2.37. The fraction of sp³-hybridized carbons (Fsp3) is 0.0714. The van der Waals surface area contributed by atoms with Crippen molar-refractivity contribution in [2.45, 2.75) is 0 Å². The number of benzene rings is 2. The van der Waals surface area contributed by atoms with Crippen molar-refractivity contribution in [3.63, 3.8) is 0 Å². The largest absolute Gasteiger partial charge is 0.508 e. The molecule has 0 fully saturated rings. The average molecular weight is 293 g/mol.